The molecule has 3 aromatic rings. The average molecular weight is 488 g/mol. The Morgan fingerprint density at radius 3 is 2.37 bits per heavy atom. The number of nitrogens with zero attached hydrogens (tertiary/aromatic N) is 2. The normalized spacial score (nSPS) is 18.3. The molecule has 5 heteroatoms. The third-order valence-electron chi connectivity index (χ3n) is 7.66. The predicted octanol–water partition coefficient (Wildman–Crippen LogP) is 5.66. The third kappa shape index (κ3) is 5.10. The number of hydrogen-bond donors (Lipinski definition) is 1. The number of rotatable bonds is 4. The molecule has 0 bridgehead atoms. The zero-order chi connectivity index (χ0) is 24.5. The number of piperazine rings is 1. The van der Waals surface area contributed by atoms with E-state index in [1.54, 1.807) is 0 Å². The van der Waals surface area contributed by atoms with Gasteiger partial charge in [-0.15, -0.1) is 0 Å². The van der Waals surface area contributed by atoms with Gasteiger partial charge in [0.05, 0.1) is 0 Å². The number of fused-ring (bicyclic) bond motifs is 1. The fourth-order valence-corrected chi connectivity index (χ4v) is 5.75. The van der Waals surface area contributed by atoms with Crippen molar-refractivity contribution < 1.29 is 4.79 Å². The fourth-order valence-electron chi connectivity index (χ4n) is 5.53. The molecule has 0 radical (unpaired) electrons. The van der Waals surface area contributed by atoms with E-state index in [1.807, 2.05) is 42.5 Å². The number of hydrogen-bond acceptors (Lipinski definition) is 3. The smallest absolute Gasteiger partial charge is 0.251 e. The van der Waals surface area contributed by atoms with E-state index in [9.17, 15) is 4.79 Å². The fraction of sp³-hybridized carbons (Fsp3) is 0.367. The molecule has 35 heavy (non-hydrogen) atoms. The number of benzene rings is 3. The highest BCUT2D eigenvalue weighted by Gasteiger charge is 2.27. The maximum atomic E-state index is 13.1. The SMILES string of the molecule is Cc1cc(Cl)ccc1-c1ccc(C(=O)N[C@@H]2CCc3c(C)ccc(N4CCN(C)CC4)c3C2)cc1. The lowest BCUT2D eigenvalue weighted by Gasteiger charge is -2.37. The minimum atomic E-state index is 0.00614. The summed E-state index contributed by atoms with van der Waals surface area (Å²) in [6.07, 6.45) is 2.89. The summed E-state index contributed by atoms with van der Waals surface area (Å²) >= 11 is 6.11. The molecule has 3 aromatic carbocycles. The van der Waals surface area contributed by atoms with Crippen LogP contribution in [0.15, 0.2) is 54.6 Å². The van der Waals surface area contributed by atoms with Crippen molar-refractivity contribution in [1.82, 2.24) is 10.2 Å². The van der Waals surface area contributed by atoms with Gasteiger partial charge in [0.2, 0.25) is 0 Å². The highest BCUT2D eigenvalue weighted by molar-refractivity contribution is 6.30. The molecule has 1 fully saturated rings. The van der Waals surface area contributed by atoms with Crippen LogP contribution in [0.3, 0.4) is 0 Å². The summed E-state index contributed by atoms with van der Waals surface area (Å²) < 4.78 is 0. The minimum Gasteiger partial charge on any atom is -0.369 e. The Kier molecular flexibility index (Phi) is 6.86. The Morgan fingerprint density at radius 2 is 1.66 bits per heavy atom. The van der Waals surface area contributed by atoms with E-state index >= 15 is 0 Å². The second-order valence-electron chi connectivity index (χ2n) is 10.1. The number of aryl methyl sites for hydroxylation is 2. The van der Waals surface area contributed by atoms with E-state index in [0.717, 1.165) is 67.2 Å². The Labute approximate surface area is 213 Å². The highest BCUT2D eigenvalue weighted by atomic mass is 35.5. The van der Waals surface area contributed by atoms with Crippen LogP contribution in [0.1, 0.15) is 39.0 Å². The van der Waals surface area contributed by atoms with Gasteiger partial charge in [-0.05, 0) is 104 Å². The summed E-state index contributed by atoms with van der Waals surface area (Å²) in [6, 6.07) is 18.5. The molecule has 1 saturated heterocycles. The third-order valence-corrected chi connectivity index (χ3v) is 7.89. The van der Waals surface area contributed by atoms with Gasteiger partial charge in [0.25, 0.3) is 5.91 Å². The van der Waals surface area contributed by atoms with Crippen LogP contribution >= 0.6 is 11.6 Å². The summed E-state index contributed by atoms with van der Waals surface area (Å²) in [6.45, 7) is 8.57. The summed E-state index contributed by atoms with van der Waals surface area (Å²) in [7, 11) is 2.19. The molecule has 1 aliphatic heterocycles. The van der Waals surface area contributed by atoms with Crippen molar-refractivity contribution in [3.05, 3.63) is 87.4 Å². The van der Waals surface area contributed by atoms with Gasteiger partial charge < -0.3 is 15.1 Å². The number of halogens is 1. The summed E-state index contributed by atoms with van der Waals surface area (Å²) in [4.78, 5) is 18.0. The lowest BCUT2D eigenvalue weighted by molar-refractivity contribution is 0.0933. The number of amides is 1. The number of likely N-dealkylation sites (N-methyl/N-ethyl adjacent to an activating group) is 1. The van der Waals surface area contributed by atoms with Gasteiger partial charge in [0, 0.05) is 48.5 Å². The first-order valence-corrected chi connectivity index (χ1v) is 13.0. The predicted molar refractivity (Wildman–Crippen MR) is 146 cm³/mol. The molecule has 0 spiro atoms. The van der Waals surface area contributed by atoms with Gasteiger partial charge >= 0.3 is 0 Å². The van der Waals surface area contributed by atoms with E-state index in [1.165, 1.54) is 22.4 Å². The maximum absolute atomic E-state index is 13.1. The molecule has 0 unspecified atom stereocenters. The van der Waals surface area contributed by atoms with Crippen LogP contribution in [0.2, 0.25) is 5.02 Å². The summed E-state index contributed by atoms with van der Waals surface area (Å²) in [5, 5.41) is 4.07. The average Bonchev–Trinajstić information content (AvgIpc) is 2.85. The number of carbonyl (C=O) groups is 1. The van der Waals surface area contributed by atoms with Crippen LogP contribution in [0.4, 0.5) is 5.69 Å². The van der Waals surface area contributed by atoms with Gasteiger partial charge in [0.15, 0.2) is 0 Å². The number of anilines is 1. The standard InChI is InChI=1S/C30H34ClN3O/c1-20-4-13-29(34-16-14-33(3)15-17-34)28-19-25(10-12-27(20)28)32-30(35)23-7-5-22(6-8-23)26-11-9-24(31)18-21(26)2/h4-9,11,13,18,25H,10,12,14-17,19H2,1-3H3,(H,32,35)/t25-/m1/s1. The molecule has 1 atom stereocenters. The highest BCUT2D eigenvalue weighted by Crippen LogP contribution is 2.34. The molecule has 4 nitrogen and oxygen atoms in total. The van der Waals surface area contributed by atoms with Gasteiger partial charge in [-0.3, -0.25) is 4.79 Å². The Morgan fingerprint density at radius 1 is 0.914 bits per heavy atom. The van der Waals surface area contributed by atoms with Crippen molar-refractivity contribution in [3.63, 3.8) is 0 Å². The Hall–Kier alpha value is -2.82. The van der Waals surface area contributed by atoms with E-state index in [0.29, 0.717) is 5.56 Å². The molecule has 0 saturated carbocycles. The first kappa shape index (κ1) is 23.9. The van der Waals surface area contributed by atoms with Gasteiger partial charge in [-0.1, -0.05) is 35.9 Å². The van der Waals surface area contributed by atoms with Crippen LogP contribution in [-0.2, 0) is 12.8 Å². The molecule has 5 rings (SSSR count). The molecular formula is C30H34ClN3O. The largest absolute Gasteiger partial charge is 0.369 e. The van der Waals surface area contributed by atoms with Crippen molar-refractivity contribution in [2.24, 2.45) is 0 Å². The molecule has 1 N–H and O–H groups in total. The monoisotopic (exact) mass is 487 g/mol. The number of nitrogens with one attached hydrogen (secondary N) is 1. The zero-order valence-corrected chi connectivity index (χ0v) is 21.7. The van der Waals surface area contributed by atoms with Gasteiger partial charge in [0.1, 0.15) is 0 Å². The first-order chi connectivity index (χ1) is 16.9. The summed E-state index contributed by atoms with van der Waals surface area (Å²) in [5.41, 5.74) is 9.70. The van der Waals surface area contributed by atoms with Gasteiger partial charge in [-0.25, -0.2) is 0 Å². The lowest BCUT2D eigenvalue weighted by atomic mass is 9.84. The molecule has 1 amide bonds. The zero-order valence-electron chi connectivity index (χ0n) is 20.9. The first-order valence-electron chi connectivity index (χ1n) is 12.6. The van der Waals surface area contributed by atoms with Gasteiger partial charge in [-0.2, -0.15) is 0 Å². The molecular weight excluding hydrogens is 454 g/mol. The molecule has 182 valence electrons. The minimum absolute atomic E-state index is 0.00614. The van der Waals surface area contributed by atoms with E-state index in [-0.39, 0.29) is 11.9 Å². The van der Waals surface area contributed by atoms with Crippen LogP contribution in [0, 0.1) is 13.8 Å². The quantitative estimate of drug-likeness (QED) is 0.515. The maximum Gasteiger partial charge on any atom is 0.251 e. The van der Waals surface area contributed by atoms with E-state index in [2.05, 4.69) is 48.1 Å². The Bertz CT molecular complexity index is 1230. The molecule has 1 aliphatic carbocycles. The Balaban J connectivity index is 1.30. The van der Waals surface area contributed by atoms with Crippen LogP contribution in [0.5, 0.6) is 0 Å². The second-order valence-corrected chi connectivity index (χ2v) is 10.5. The summed E-state index contributed by atoms with van der Waals surface area (Å²) in [5.74, 6) is 0.00614. The molecule has 1 heterocycles. The van der Waals surface area contributed by atoms with Crippen molar-refractivity contribution in [2.45, 2.75) is 39.2 Å². The molecule has 2 aliphatic rings. The van der Waals surface area contributed by atoms with Crippen molar-refractivity contribution in [1.29, 1.82) is 0 Å². The van der Waals surface area contributed by atoms with Crippen molar-refractivity contribution >= 4 is 23.2 Å². The van der Waals surface area contributed by atoms with Crippen LogP contribution < -0.4 is 10.2 Å². The van der Waals surface area contributed by atoms with Crippen molar-refractivity contribution in [3.8, 4) is 11.1 Å². The second kappa shape index (κ2) is 10.0. The van der Waals surface area contributed by atoms with Crippen LogP contribution in [-0.4, -0.2) is 50.1 Å². The molecule has 0 aromatic heterocycles. The van der Waals surface area contributed by atoms with E-state index in [4.69, 9.17) is 11.6 Å². The topological polar surface area (TPSA) is 35.6 Å². The van der Waals surface area contributed by atoms with E-state index < -0.39 is 0 Å². The van der Waals surface area contributed by atoms with Crippen LogP contribution in [0.25, 0.3) is 11.1 Å². The number of carbonyl (C=O) groups excluding carboxylic acids is 1. The lowest BCUT2D eigenvalue weighted by Crippen LogP contribution is -2.45. The van der Waals surface area contributed by atoms with Crippen molar-refractivity contribution in [2.75, 3.05) is 38.1 Å².